The molecule has 0 aromatic carbocycles. The maximum absolute atomic E-state index is 13.3. The fourth-order valence-corrected chi connectivity index (χ4v) is 3.81. The van der Waals surface area contributed by atoms with Crippen molar-refractivity contribution in [2.24, 2.45) is 16.2 Å². The van der Waals surface area contributed by atoms with Crippen molar-refractivity contribution in [3.63, 3.8) is 0 Å². The molecule has 26 heavy (non-hydrogen) atoms. The van der Waals surface area contributed by atoms with Gasteiger partial charge in [0.2, 0.25) is 0 Å². The van der Waals surface area contributed by atoms with Crippen LogP contribution in [0.25, 0.3) is 0 Å². The third-order valence-corrected chi connectivity index (χ3v) is 6.78. The molecule has 5 heteroatoms. The topological polar surface area (TPSA) is 83.8 Å². The number of unbranched alkanes of at least 4 members (excludes halogenated alkanes) is 1. The summed E-state index contributed by atoms with van der Waals surface area (Å²) in [5.74, 6) is -1.35. The van der Waals surface area contributed by atoms with E-state index in [0.717, 1.165) is 12.8 Å². The van der Waals surface area contributed by atoms with Crippen molar-refractivity contribution >= 4 is 11.9 Å². The summed E-state index contributed by atoms with van der Waals surface area (Å²) in [7, 11) is 0. The van der Waals surface area contributed by atoms with Crippen molar-refractivity contribution < 1.29 is 24.5 Å². The number of ether oxygens (including phenoxy) is 1. The molecule has 0 aromatic heterocycles. The van der Waals surface area contributed by atoms with Crippen LogP contribution in [0.4, 0.5) is 0 Å². The van der Waals surface area contributed by atoms with Crippen LogP contribution in [0, 0.1) is 16.2 Å². The van der Waals surface area contributed by atoms with Crippen LogP contribution in [-0.2, 0) is 14.3 Å². The first-order chi connectivity index (χ1) is 12.1. The SMILES string of the molecule is CCC(C)(CC)CC(CC(=O)O)(C(=O)OCCCCO)C(C)(CC)CC. The molecule has 0 aromatic rings. The zero-order chi connectivity index (χ0) is 20.4. The van der Waals surface area contributed by atoms with Crippen molar-refractivity contribution in [2.45, 2.75) is 92.9 Å². The highest BCUT2D eigenvalue weighted by atomic mass is 16.5. The van der Waals surface area contributed by atoms with Crippen LogP contribution in [0.3, 0.4) is 0 Å². The van der Waals surface area contributed by atoms with Gasteiger partial charge in [0.05, 0.1) is 18.4 Å². The molecule has 0 heterocycles. The van der Waals surface area contributed by atoms with E-state index < -0.39 is 22.8 Å². The van der Waals surface area contributed by atoms with Gasteiger partial charge in [0.15, 0.2) is 0 Å². The Morgan fingerprint density at radius 3 is 1.85 bits per heavy atom. The Morgan fingerprint density at radius 1 is 0.923 bits per heavy atom. The summed E-state index contributed by atoms with van der Waals surface area (Å²) in [5.41, 5.74) is -1.63. The van der Waals surface area contributed by atoms with Crippen molar-refractivity contribution in [1.29, 1.82) is 0 Å². The number of aliphatic hydroxyl groups excluding tert-OH is 1. The molecule has 0 bridgehead atoms. The first-order valence-corrected chi connectivity index (χ1v) is 10.1. The van der Waals surface area contributed by atoms with Crippen molar-refractivity contribution in [3.8, 4) is 0 Å². The number of esters is 1. The van der Waals surface area contributed by atoms with Gasteiger partial charge in [-0.2, -0.15) is 0 Å². The number of carbonyl (C=O) groups excluding carboxylic acids is 1. The molecule has 0 aliphatic rings. The predicted molar refractivity (Wildman–Crippen MR) is 104 cm³/mol. The van der Waals surface area contributed by atoms with Crippen molar-refractivity contribution in [2.75, 3.05) is 13.2 Å². The van der Waals surface area contributed by atoms with Gasteiger partial charge in [0.1, 0.15) is 0 Å². The largest absolute Gasteiger partial charge is 0.481 e. The Bertz CT molecular complexity index is 438. The standard InChI is InChI=1S/C21H40O5/c1-7-19(5,8-2)16-21(15-17(23)24,20(6,9-3)10-4)18(25)26-14-12-11-13-22/h22H,7-16H2,1-6H3,(H,23,24). The number of aliphatic carboxylic acids is 1. The van der Waals surface area contributed by atoms with Gasteiger partial charge < -0.3 is 14.9 Å². The molecule has 0 aliphatic heterocycles. The van der Waals surface area contributed by atoms with E-state index in [1.807, 2.05) is 20.8 Å². The average Bonchev–Trinajstić information content (AvgIpc) is 2.63. The Hall–Kier alpha value is -1.10. The third-order valence-electron chi connectivity index (χ3n) is 6.78. The van der Waals surface area contributed by atoms with Crippen molar-refractivity contribution in [1.82, 2.24) is 0 Å². The van der Waals surface area contributed by atoms with Crippen LogP contribution < -0.4 is 0 Å². The molecule has 0 amide bonds. The summed E-state index contributed by atoms with van der Waals surface area (Å²) in [6, 6.07) is 0. The van der Waals surface area contributed by atoms with Gasteiger partial charge in [0.25, 0.3) is 0 Å². The molecule has 0 saturated heterocycles. The van der Waals surface area contributed by atoms with E-state index in [-0.39, 0.29) is 25.0 Å². The van der Waals surface area contributed by atoms with Crippen LogP contribution in [-0.4, -0.2) is 35.4 Å². The lowest BCUT2D eigenvalue weighted by atomic mass is 9.54. The molecule has 0 rings (SSSR count). The second-order valence-corrected chi connectivity index (χ2v) is 8.18. The van der Waals surface area contributed by atoms with Crippen LogP contribution in [0.5, 0.6) is 0 Å². The van der Waals surface area contributed by atoms with Gasteiger partial charge in [0, 0.05) is 6.61 Å². The molecule has 154 valence electrons. The quantitative estimate of drug-likeness (QED) is 0.338. The van der Waals surface area contributed by atoms with E-state index in [1.54, 1.807) is 0 Å². The van der Waals surface area contributed by atoms with Crippen LogP contribution in [0.15, 0.2) is 0 Å². The number of hydrogen-bond donors (Lipinski definition) is 2. The normalized spacial score (nSPS) is 14.7. The number of carbonyl (C=O) groups is 2. The zero-order valence-corrected chi connectivity index (χ0v) is 17.7. The molecule has 1 atom stereocenters. The van der Waals surface area contributed by atoms with E-state index >= 15 is 0 Å². The molecule has 0 saturated carbocycles. The zero-order valence-electron chi connectivity index (χ0n) is 17.7. The second-order valence-electron chi connectivity index (χ2n) is 8.18. The lowest BCUT2D eigenvalue weighted by Gasteiger charge is -2.49. The summed E-state index contributed by atoms with van der Waals surface area (Å²) >= 11 is 0. The van der Waals surface area contributed by atoms with Crippen LogP contribution in [0.2, 0.25) is 0 Å². The van der Waals surface area contributed by atoms with Gasteiger partial charge in [-0.3, -0.25) is 9.59 Å². The van der Waals surface area contributed by atoms with E-state index in [4.69, 9.17) is 9.84 Å². The number of rotatable bonds is 14. The summed E-state index contributed by atoms with van der Waals surface area (Å²) in [6.45, 7) is 12.7. The molecule has 5 nitrogen and oxygen atoms in total. The first-order valence-electron chi connectivity index (χ1n) is 10.1. The fourth-order valence-electron chi connectivity index (χ4n) is 3.81. The molecule has 0 fully saturated rings. The maximum Gasteiger partial charge on any atom is 0.313 e. The number of hydrogen-bond acceptors (Lipinski definition) is 4. The molecule has 0 aliphatic carbocycles. The summed E-state index contributed by atoms with van der Waals surface area (Å²) in [4.78, 5) is 25.1. The van der Waals surface area contributed by atoms with Gasteiger partial charge in [-0.05, 0) is 42.9 Å². The molecule has 1 unspecified atom stereocenters. The number of carboxylic acids is 1. The van der Waals surface area contributed by atoms with Gasteiger partial charge in [-0.15, -0.1) is 0 Å². The molecule has 0 spiro atoms. The monoisotopic (exact) mass is 372 g/mol. The Labute approximate surface area is 159 Å². The van der Waals surface area contributed by atoms with Gasteiger partial charge in [-0.25, -0.2) is 0 Å². The lowest BCUT2D eigenvalue weighted by molar-refractivity contribution is -0.176. The Morgan fingerprint density at radius 2 is 1.46 bits per heavy atom. The smallest absolute Gasteiger partial charge is 0.313 e. The first kappa shape index (κ1) is 24.9. The van der Waals surface area contributed by atoms with Gasteiger partial charge in [-0.1, -0.05) is 54.4 Å². The van der Waals surface area contributed by atoms with E-state index in [0.29, 0.717) is 32.1 Å². The highest BCUT2D eigenvalue weighted by Gasteiger charge is 2.56. The fraction of sp³-hybridized carbons (Fsp3) is 0.905. The third kappa shape index (κ3) is 5.97. The lowest BCUT2D eigenvalue weighted by Crippen LogP contribution is -2.51. The van der Waals surface area contributed by atoms with E-state index in [9.17, 15) is 14.7 Å². The van der Waals surface area contributed by atoms with E-state index in [2.05, 4.69) is 20.8 Å². The number of carboxylic acid groups (broad SMARTS) is 1. The summed E-state index contributed by atoms with van der Waals surface area (Å²) in [6.07, 6.45) is 4.64. The van der Waals surface area contributed by atoms with Crippen LogP contribution >= 0.6 is 0 Å². The summed E-state index contributed by atoms with van der Waals surface area (Å²) in [5, 5.41) is 18.6. The molecule has 0 radical (unpaired) electrons. The minimum Gasteiger partial charge on any atom is -0.481 e. The van der Waals surface area contributed by atoms with Crippen molar-refractivity contribution in [3.05, 3.63) is 0 Å². The van der Waals surface area contributed by atoms with Gasteiger partial charge >= 0.3 is 11.9 Å². The Balaban J connectivity index is 6.03. The second kappa shape index (κ2) is 10.9. The highest BCUT2D eigenvalue weighted by molar-refractivity contribution is 5.84. The average molecular weight is 373 g/mol. The minimum absolute atomic E-state index is 0.0587. The predicted octanol–water partition coefficient (Wildman–Crippen LogP) is 4.81. The molecule has 2 N–H and O–H groups in total. The minimum atomic E-state index is -1.05. The summed E-state index contributed by atoms with van der Waals surface area (Å²) < 4.78 is 5.58. The highest BCUT2D eigenvalue weighted by Crippen LogP contribution is 2.55. The Kier molecular flexibility index (Phi) is 10.4. The van der Waals surface area contributed by atoms with E-state index in [1.165, 1.54) is 0 Å². The maximum atomic E-state index is 13.3. The number of aliphatic hydroxyl groups is 1. The molecular formula is C21H40O5. The van der Waals surface area contributed by atoms with Crippen LogP contribution in [0.1, 0.15) is 92.9 Å². The molecular weight excluding hydrogens is 332 g/mol.